The van der Waals surface area contributed by atoms with Gasteiger partial charge in [0.05, 0.1) is 25.3 Å². The second kappa shape index (κ2) is 5.35. The Hall–Kier alpha value is -1.32. The number of pyridine rings is 1. The fraction of sp³-hybridized carbons (Fsp3) is 0.400. The average Bonchev–Trinajstić information content (AvgIpc) is 2.37. The second-order valence-electron chi connectivity index (χ2n) is 4.86. The number of ether oxygens (including phenoxy) is 2. The number of hydrogen-bond acceptors (Lipinski definition) is 3. The van der Waals surface area contributed by atoms with E-state index in [9.17, 15) is 0 Å². The maximum Gasteiger partial charge on any atom is 0.135 e. The van der Waals surface area contributed by atoms with Crippen LogP contribution >= 0.6 is 11.6 Å². The van der Waals surface area contributed by atoms with E-state index in [1.54, 1.807) is 7.11 Å². The van der Waals surface area contributed by atoms with Crippen molar-refractivity contribution in [3.63, 3.8) is 0 Å². The third-order valence-electron chi connectivity index (χ3n) is 3.58. The Bertz CT molecular complexity index is 596. The van der Waals surface area contributed by atoms with Crippen molar-refractivity contribution in [3.8, 4) is 5.75 Å². The van der Waals surface area contributed by atoms with Gasteiger partial charge in [0, 0.05) is 17.0 Å². The summed E-state index contributed by atoms with van der Waals surface area (Å²) in [7, 11) is 1.64. The van der Waals surface area contributed by atoms with Gasteiger partial charge >= 0.3 is 0 Å². The van der Waals surface area contributed by atoms with E-state index in [1.807, 2.05) is 24.3 Å². The molecule has 0 bridgehead atoms. The molecule has 100 valence electrons. The van der Waals surface area contributed by atoms with Crippen molar-refractivity contribution in [2.45, 2.75) is 32.0 Å². The van der Waals surface area contributed by atoms with E-state index in [1.165, 1.54) is 6.42 Å². The molecule has 0 spiro atoms. The smallest absolute Gasteiger partial charge is 0.135 e. The van der Waals surface area contributed by atoms with Gasteiger partial charge in [0.25, 0.3) is 0 Å². The maximum atomic E-state index is 6.21. The summed E-state index contributed by atoms with van der Waals surface area (Å²) in [4.78, 5) is 4.41. The van der Waals surface area contributed by atoms with Crippen LogP contribution in [0.15, 0.2) is 24.3 Å². The van der Waals surface area contributed by atoms with E-state index in [4.69, 9.17) is 21.1 Å². The van der Waals surface area contributed by atoms with Crippen LogP contribution in [0.25, 0.3) is 10.9 Å². The van der Waals surface area contributed by atoms with Crippen LogP contribution in [0.4, 0.5) is 0 Å². The summed E-state index contributed by atoms with van der Waals surface area (Å²) in [6, 6.07) is 7.85. The van der Waals surface area contributed by atoms with Crippen molar-refractivity contribution in [3.05, 3.63) is 35.0 Å². The number of fused-ring (bicyclic) bond motifs is 1. The monoisotopic (exact) mass is 277 g/mol. The van der Waals surface area contributed by atoms with Gasteiger partial charge in [0.2, 0.25) is 0 Å². The predicted molar refractivity (Wildman–Crippen MR) is 75.7 cm³/mol. The molecule has 1 fully saturated rings. The molecule has 0 radical (unpaired) electrons. The Kier molecular flexibility index (Phi) is 3.58. The fourth-order valence-corrected chi connectivity index (χ4v) is 2.34. The molecule has 1 aromatic carbocycles. The van der Waals surface area contributed by atoms with E-state index in [-0.39, 0.29) is 0 Å². The molecule has 1 aromatic heterocycles. The van der Waals surface area contributed by atoms with Gasteiger partial charge in [-0.3, -0.25) is 0 Å². The average molecular weight is 278 g/mol. The van der Waals surface area contributed by atoms with Gasteiger partial charge in [-0.05, 0) is 37.5 Å². The first kappa shape index (κ1) is 12.7. The summed E-state index contributed by atoms with van der Waals surface area (Å²) in [6.45, 7) is 0.540. The lowest BCUT2D eigenvalue weighted by atomic mass is 9.96. The van der Waals surface area contributed by atoms with Crippen molar-refractivity contribution in [1.29, 1.82) is 0 Å². The van der Waals surface area contributed by atoms with Crippen molar-refractivity contribution in [1.82, 2.24) is 4.98 Å². The molecule has 3 rings (SSSR count). The van der Waals surface area contributed by atoms with Crippen LogP contribution in [-0.4, -0.2) is 18.2 Å². The Morgan fingerprint density at radius 1 is 1.32 bits per heavy atom. The number of nitrogens with zero attached hydrogens (tertiary/aromatic N) is 1. The summed E-state index contributed by atoms with van der Waals surface area (Å²) in [5, 5.41) is 1.57. The van der Waals surface area contributed by atoms with Gasteiger partial charge in [0.1, 0.15) is 10.9 Å². The van der Waals surface area contributed by atoms with Crippen LogP contribution in [0.1, 0.15) is 24.8 Å². The summed E-state index contributed by atoms with van der Waals surface area (Å²) in [5.74, 6) is 0.787. The molecule has 0 aliphatic heterocycles. The fourth-order valence-electron chi connectivity index (χ4n) is 2.14. The molecular formula is C15H16ClNO2. The van der Waals surface area contributed by atoms with E-state index in [2.05, 4.69) is 4.98 Å². The Morgan fingerprint density at radius 3 is 2.84 bits per heavy atom. The first-order valence-corrected chi connectivity index (χ1v) is 6.89. The molecule has 0 amide bonds. The van der Waals surface area contributed by atoms with Gasteiger partial charge in [-0.15, -0.1) is 0 Å². The zero-order valence-electron chi connectivity index (χ0n) is 10.9. The highest BCUT2D eigenvalue weighted by molar-refractivity contribution is 6.30. The molecule has 4 heteroatoms. The van der Waals surface area contributed by atoms with Crippen molar-refractivity contribution in [2.75, 3.05) is 7.11 Å². The van der Waals surface area contributed by atoms with Gasteiger partial charge in [-0.2, -0.15) is 0 Å². The van der Waals surface area contributed by atoms with Gasteiger partial charge in [-0.25, -0.2) is 4.98 Å². The van der Waals surface area contributed by atoms with Crippen molar-refractivity contribution in [2.24, 2.45) is 0 Å². The summed E-state index contributed by atoms with van der Waals surface area (Å²) >= 11 is 6.21. The number of halogens is 1. The molecule has 19 heavy (non-hydrogen) atoms. The Morgan fingerprint density at radius 2 is 2.16 bits per heavy atom. The van der Waals surface area contributed by atoms with Crippen LogP contribution in [0, 0.1) is 0 Å². The molecule has 1 aliphatic rings. The predicted octanol–water partition coefficient (Wildman–Crippen LogP) is 3.97. The topological polar surface area (TPSA) is 31.4 Å². The molecule has 1 heterocycles. The minimum atomic E-state index is 0.405. The van der Waals surface area contributed by atoms with E-state index in [0.717, 1.165) is 35.1 Å². The highest BCUT2D eigenvalue weighted by atomic mass is 35.5. The third-order valence-corrected chi connectivity index (χ3v) is 3.90. The minimum absolute atomic E-state index is 0.405. The summed E-state index contributed by atoms with van der Waals surface area (Å²) in [5.41, 5.74) is 1.79. The van der Waals surface area contributed by atoms with Gasteiger partial charge < -0.3 is 9.47 Å². The first-order chi connectivity index (χ1) is 9.26. The number of rotatable bonds is 4. The lowest BCUT2D eigenvalue weighted by molar-refractivity contribution is -0.00867. The van der Waals surface area contributed by atoms with Crippen LogP contribution in [-0.2, 0) is 11.3 Å². The number of hydrogen-bond donors (Lipinski definition) is 0. The lowest BCUT2D eigenvalue weighted by Crippen LogP contribution is -2.21. The largest absolute Gasteiger partial charge is 0.497 e. The zero-order chi connectivity index (χ0) is 13.2. The quantitative estimate of drug-likeness (QED) is 0.793. The summed E-state index contributed by atoms with van der Waals surface area (Å²) < 4.78 is 11.0. The molecule has 0 saturated heterocycles. The molecule has 3 nitrogen and oxygen atoms in total. The third kappa shape index (κ3) is 2.67. The van der Waals surface area contributed by atoms with E-state index >= 15 is 0 Å². The summed E-state index contributed by atoms with van der Waals surface area (Å²) in [6.07, 6.45) is 4.00. The molecule has 0 N–H and O–H groups in total. The molecule has 0 atom stereocenters. The maximum absolute atomic E-state index is 6.21. The van der Waals surface area contributed by atoms with Crippen LogP contribution in [0.5, 0.6) is 5.75 Å². The SMILES string of the molecule is COc1ccc2cc(COC3CCC3)c(Cl)nc2c1. The number of aromatic nitrogens is 1. The van der Waals surface area contributed by atoms with Crippen LogP contribution < -0.4 is 4.74 Å². The standard InChI is InChI=1S/C15H16ClNO2/c1-18-13-6-5-10-7-11(9-19-12-3-2-4-12)15(16)17-14(10)8-13/h5-8,12H,2-4,9H2,1H3. The molecule has 1 aliphatic carbocycles. The molecular weight excluding hydrogens is 262 g/mol. The Balaban J connectivity index is 1.85. The number of benzene rings is 1. The molecule has 0 unspecified atom stereocenters. The van der Waals surface area contributed by atoms with E-state index < -0.39 is 0 Å². The van der Waals surface area contributed by atoms with Gasteiger partial charge in [-0.1, -0.05) is 11.6 Å². The zero-order valence-corrected chi connectivity index (χ0v) is 11.6. The molecule has 1 saturated carbocycles. The normalized spacial score (nSPS) is 15.5. The van der Waals surface area contributed by atoms with Gasteiger partial charge in [0.15, 0.2) is 0 Å². The van der Waals surface area contributed by atoms with Crippen molar-refractivity contribution < 1.29 is 9.47 Å². The van der Waals surface area contributed by atoms with E-state index in [0.29, 0.717) is 17.9 Å². The highest BCUT2D eigenvalue weighted by Crippen LogP contribution is 2.27. The second-order valence-corrected chi connectivity index (χ2v) is 5.22. The minimum Gasteiger partial charge on any atom is -0.497 e. The molecule has 2 aromatic rings. The first-order valence-electron chi connectivity index (χ1n) is 6.51. The highest BCUT2D eigenvalue weighted by Gasteiger charge is 2.18. The Labute approximate surface area is 117 Å². The van der Waals surface area contributed by atoms with Crippen molar-refractivity contribution >= 4 is 22.5 Å². The lowest BCUT2D eigenvalue weighted by Gasteiger charge is -2.25. The van der Waals surface area contributed by atoms with Crippen LogP contribution in [0.3, 0.4) is 0 Å². The number of methoxy groups -OCH3 is 1. The van der Waals surface area contributed by atoms with Crippen LogP contribution in [0.2, 0.25) is 5.15 Å².